The van der Waals surface area contributed by atoms with E-state index in [9.17, 15) is 14.9 Å². The molecule has 0 saturated heterocycles. The van der Waals surface area contributed by atoms with E-state index in [1.807, 2.05) is 12.1 Å². The third-order valence-corrected chi connectivity index (χ3v) is 5.44. The Morgan fingerprint density at radius 3 is 2.78 bits per heavy atom. The van der Waals surface area contributed by atoms with Crippen LogP contribution in [0.5, 0.6) is 0 Å². The standard InChI is InChI=1S/C18H13ClN4O3S/c19-15-6-5-13(23(25)26)9-14(15)17(24)21-12-3-1-11(2-4-12)16-10-27-18-20-7-8-22(16)18/h1-6,9-10H,7-8H2,(H,21,24). The van der Waals surface area contributed by atoms with E-state index in [2.05, 4.69) is 20.6 Å². The lowest BCUT2D eigenvalue weighted by atomic mass is 10.1. The fourth-order valence-corrected chi connectivity index (χ4v) is 4.04. The second-order valence-electron chi connectivity index (χ2n) is 5.89. The average Bonchev–Trinajstić information content (AvgIpc) is 3.26. The summed E-state index contributed by atoms with van der Waals surface area (Å²) in [4.78, 5) is 29.4. The molecular formula is C18H13ClN4O3S. The number of nitro groups is 1. The van der Waals surface area contributed by atoms with Gasteiger partial charge < -0.3 is 10.2 Å². The summed E-state index contributed by atoms with van der Waals surface area (Å²) in [6.45, 7) is 1.68. The summed E-state index contributed by atoms with van der Waals surface area (Å²) in [5, 5.41) is 16.9. The van der Waals surface area contributed by atoms with Crippen molar-refractivity contribution in [2.45, 2.75) is 0 Å². The largest absolute Gasteiger partial charge is 0.322 e. The number of amides is 1. The van der Waals surface area contributed by atoms with Crippen LogP contribution in [-0.2, 0) is 0 Å². The van der Waals surface area contributed by atoms with E-state index in [4.69, 9.17) is 11.6 Å². The number of nitro benzene ring substituents is 1. The van der Waals surface area contributed by atoms with Gasteiger partial charge in [0.25, 0.3) is 11.6 Å². The highest BCUT2D eigenvalue weighted by Gasteiger charge is 2.27. The van der Waals surface area contributed by atoms with Crippen molar-refractivity contribution >= 4 is 51.5 Å². The number of thioether (sulfide) groups is 1. The first-order valence-electron chi connectivity index (χ1n) is 8.07. The van der Waals surface area contributed by atoms with Crippen molar-refractivity contribution in [2.24, 2.45) is 4.99 Å². The first kappa shape index (κ1) is 17.6. The van der Waals surface area contributed by atoms with Gasteiger partial charge in [-0.05, 0) is 23.8 Å². The third kappa shape index (κ3) is 3.41. The monoisotopic (exact) mass is 400 g/mol. The molecule has 0 unspecified atom stereocenters. The number of benzene rings is 2. The zero-order valence-corrected chi connectivity index (χ0v) is 15.5. The number of halogens is 1. The van der Waals surface area contributed by atoms with Gasteiger partial charge in [0.15, 0.2) is 5.17 Å². The van der Waals surface area contributed by atoms with Crippen LogP contribution in [0.1, 0.15) is 15.9 Å². The Kier molecular flexibility index (Phi) is 4.59. The first-order valence-corrected chi connectivity index (χ1v) is 9.33. The summed E-state index contributed by atoms with van der Waals surface area (Å²) in [7, 11) is 0. The fraction of sp³-hybridized carbons (Fsp3) is 0.111. The van der Waals surface area contributed by atoms with Crippen LogP contribution in [0.3, 0.4) is 0 Å². The Morgan fingerprint density at radius 1 is 1.26 bits per heavy atom. The van der Waals surface area contributed by atoms with E-state index in [0.717, 1.165) is 29.5 Å². The lowest BCUT2D eigenvalue weighted by Crippen LogP contribution is -2.19. The number of nitrogens with zero attached hydrogens (tertiary/aromatic N) is 3. The van der Waals surface area contributed by atoms with E-state index in [-0.39, 0.29) is 16.3 Å². The number of rotatable bonds is 4. The van der Waals surface area contributed by atoms with Crippen molar-refractivity contribution in [1.29, 1.82) is 0 Å². The molecule has 2 aliphatic heterocycles. The minimum atomic E-state index is -0.564. The maximum absolute atomic E-state index is 12.4. The van der Waals surface area contributed by atoms with Crippen molar-refractivity contribution < 1.29 is 9.72 Å². The van der Waals surface area contributed by atoms with Crippen molar-refractivity contribution in [2.75, 3.05) is 18.4 Å². The minimum Gasteiger partial charge on any atom is -0.322 e. The second kappa shape index (κ2) is 7.05. The van der Waals surface area contributed by atoms with Crippen LogP contribution in [0.25, 0.3) is 5.70 Å². The second-order valence-corrected chi connectivity index (χ2v) is 7.13. The Hall–Kier alpha value is -2.84. The summed E-state index contributed by atoms with van der Waals surface area (Å²) in [5.74, 6) is -0.499. The summed E-state index contributed by atoms with van der Waals surface area (Å²) >= 11 is 7.62. The molecule has 4 rings (SSSR count). The Bertz CT molecular complexity index is 1000. The van der Waals surface area contributed by atoms with Crippen molar-refractivity contribution in [3.63, 3.8) is 0 Å². The maximum Gasteiger partial charge on any atom is 0.270 e. The number of carbonyl (C=O) groups is 1. The Morgan fingerprint density at radius 2 is 2.04 bits per heavy atom. The predicted octanol–water partition coefficient (Wildman–Crippen LogP) is 4.22. The van der Waals surface area contributed by atoms with E-state index >= 15 is 0 Å². The minimum absolute atomic E-state index is 0.0581. The van der Waals surface area contributed by atoms with Gasteiger partial charge in [0, 0.05) is 29.8 Å². The van der Waals surface area contributed by atoms with E-state index in [0.29, 0.717) is 5.69 Å². The normalized spacial score (nSPS) is 15.2. The number of non-ortho nitro benzene ring substituents is 1. The smallest absolute Gasteiger partial charge is 0.270 e. The molecule has 0 bridgehead atoms. The number of fused-ring (bicyclic) bond motifs is 1. The van der Waals surface area contributed by atoms with Crippen LogP contribution in [0.15, 0.2) is 52.9 Å². The predicted molar refractivity (Wildman–Crippen MR) is 107 cm³/mol. The molecule has 2 aromatic rings. The molecule has 9 heteroatoms. The SMILES string of the molecule is O=C(Nc1ccc(C2=CSC3=NCCN23)cc1)c1cc([N+](=O)[O-])ccc1Cl. The number of hydrogen-bond acceptors (Lipinski definition) is 6. The molecule has 0 aliphatic carbocycles. The summed E-state index contributed by atoms with van der Waals surface area (Å²) < 4.78 is 0. The van der Waals surface area contributed by atoms with Gasteiger partial charge in [0.1, 0.15) is 0 Å². The molecule has 0 spiro atoms. The number of aliphatic imine (C=N–C) groups is 1. The van der Waals surface area contributed by atoms with Crippen LogP contribution in [-0.4, -0.2) is 34.0 Å². The van der Waals surface area contributed by atoms with E-state index in [1.54, 1.807) is 23.9 Å². The van der Waals surface area contributed by atoms with E-state index < -0.39 is 10.8 Å². The zero-order valence-electron chi connectivity index (χ0n) is 13.9. The van der Waals surface area contributed by atoms with Crippen LogP contribution in [0.4, 0.5) is 11.4 Å². The fourth-order valence-electron chi connectivity index (χ4n) is 2.87. The molecule has 2 aromatic carbocycles. The van der Waals surface area contributed by atoms with Crippen LogP contribution < -0.4 is 5.32 Å². The average molecular weight is 401 g/mol. The van der Waals surface area contributed by atoms with Gasteiger partial charge >= 0.3 is 0 Å². The van der Waals surface area contributed by atoms with Gasteiger partial charge in [-0.1, -0.05) is 35.5 Å². The number of hydrogen-bond donors (Lipinski definition) is 1. The van der Waals surface area contributed by atoms with E-state index in [1.165, 1.54) is 18.2 Å². The summed E-state index contributed by atoms with van der Waals surface area (Å²) in [6.07, 6.45) is 0. The van der Waals surface area contributed by atoms with Crippen molar-refractivity contribution in [1.82, 2.24) is 4.90 Å². The van der Waals surface area contributed by atoms with Crippen molar-refractivity contribution in [3.05, 3.63) is 74.1 Å². The molecule has 0 fully saturated rings. The lowest BCUT2D eigenvalue weighted by Gasteiger charge is -2.17. The molecule has 0 aromatic heterocycles. The molecule has 0 saturated carbocycles. The van der Waals surface area contributed by atoms with Gasteiger partial charge in [0.05, 0.1) is 27.8 Å². The first-order chi connectivity index (χ1) is 13.0. The molecule has 27 heavy (non-hydrogen) atoms. The molecule has 7 nitrogen and oxygen atoms in total. The highest BCUT2D eigenvalue weighted by molar-refractivity contribution is 8.16. The molecule has 2 aliphatic rings. The summed E-state index contributed by atoms with van der Waals surface area (Å²) in [6, 6.07) is 11.2. The maximum atomic E-state index is 12.4. The van der Waals surface area contributed by atoms with Gasteiger partial charge in [-0.15, -0.1) is 0 Å². The van der Waals surface area contributed by atoms with Crippen LogP contribution >= 0.6 is 23.4 Å². The number of carbonyl (C=O) groups excluding carboxylic acids is 1. The molecule has 0 radical (unpaired) electrons. The Labute approximate surface area is 163 Å². The number of nitrogens with one attached hydrogen (secondary N) is 1. The molecule has 1 amide bonds. The van der Waals surface area contributed by atoms with Gasteiger partial charge in [0.2, 0.25) is 0 Å². The van der Waals surface area contributed by atoms with Crippen molar-refractivity contribution in [3.8, 4) is 0 Å². The number of anilines is 1. The molecule has 136 valence electrons. The van der Waals surface area contributed by atoms with Gasteiger partial charge in [-0.2, -0.15) is 0 Å². The van der Waals surface area contributed by atoms with Gasteiger partial charge in [-0.25, -0.2) is 0 Å². The third-order valence-electron chi connectivity index (χ3n) is 4.21. The quantitative estimate of drug-likeness (QED) is 0.613. The zero-order chi connectivity index (χ0) is 19.0. The topological polar surface area (TPSA) is 87.8 Å². The Balaban J connectivity index is 1.51. The molecule has 0 atom stereocenters. The molecular weight excluding hydrogens is 388 g/mol. The number of amidine groups is 1. The lowest BCUT2D eigenvalue weighted by molar-refractivity contribution is -0.384. The summed E-state index contributed by atoms with van der Waals surface area (Å²) in [5.41, 5.74) is 2.57. The highest BCUT2D eigenvalue weighted by atomic mass is 35.5. The highest BCUT2D eigenvalue weighted by Crippen LogP contribution is 2.35. The van der Waals surface area contributed by atoms with Crippen LogP contribution in [0.2, 0.25) is 5.02 Å². The van der Waals surface area contributed by atoms with Gasteiger partial charge in [-0.3, -0.25) is 19.9 Å². The van der Waals surface area contributed by atoms with Crippen LogP contribution in [0, 0.1) is 10.1 Å². The molecule has 1 N–H and O–H groups in total. The molecule has 2 heterocycles.